The molecule has 0 radical (unpaired) electrons. The summed E-state index contributed by atoms with van der Waals surface area (Å²) in [6, 6.07) is 14.9. The number of anilines is 2. The van der Waals surface area contributed by atoms with Crippen molar-refractivity contribution in [1.82, 2.24) is 9.78 Å². The fraction of sp³-hybridized carbons (Fsp3) is 0.240. The second-order valence-corrected chi connectivity index (χ2v) is 8.54. The zero-order valence-electron chi connectivity index (χ0n) is 17.7. The van der Waals surface area contributed by atoms with E-state index in [1.807, 2.05) is 0 Å². The highest BCUT2D eigenvalue weighted by Crippen LogP contribution is 2.41. The van der Waals surface area contributed by atoms with E-state index in [4.69, 9.17) is 11.6 Å². The lowest BCUT2D eigenvalue weighted by Crippen LogP contribution is -2.32. The highest BCUT2D eigenvalue weighted by Gasteiger charge is 2.37. The summed E-state index contributed by atoms with van der Waals surface area (Å²) in [4.78, 5) is 26.0. The lowest BCUT2D eigenvalue weighted by molar-refractivity contribution is -0.116. The van der Waals surface area contributed by atoms with Gasteiger partial charge in [0.25, 0.3) is 5.91 Å². The van der Waals surface area contributed by atoms with E-state index in [0.717, 1.165) is 36.1 Å². The van der Waals surface area contributed by atoms with Gasteiger partial charge in [0.1, 0.15) is 17.4 Å². The number of aromatic nitrogens is 2. The average molecular weight is 447 g/mol. The molecule has 2 heterocycles. The molecule has 6 nitrogen and oxygen atoms in total. The van der Waals surface area contributed by atoms with E-state index in [9.17, 15) is 9.59 Å². The van der Waals surface area contributed by atoms with E-state index in [2.05, 4.69) is 46.9 Å². The Morgan fingerprint density at radius 1 is 1.16 bits per heavy atom. The van der Waals surface area contributed by atoms with Crippen LogP contribution < -0.4 is 10.6 Å². The van der Waals surface area contributed by atoms with Crippen LogP contribution in [0.5, 0.6) is 0 Å². The molecule has 0 unspecified atom stereocenters. The summed E-state index contributed by atoms with van der Waals surface area (Å²) in [7, 11) is 0. The monoisotopic (exact) mass is 446 g/mol. The maximum Gasteiger partial charge on any atom is 0.261 e. The van der Waals surface area contributed by atoms with Gasteiger partial charge in [-0.3, -0.25) is 9.59 Å². The number of fused-ring (bicyclic) bond motifs is 1. The number of amides is 1. The van der Waals surface area contributed by atoms with Crippen LogP contribution in [0.2, 0.25) is 5.02 Å². The van der Waals surface area contributed by atoms with Gasteiger partial charge in [0.05, 0.1) is 6.20 Å². The lowest BCUT2D eigenvalue weighted by Gasteiger charge is -2.33. The van der Waals surface area contributed by atoms with Crippen LogP contribution in [0.4, 0.5) is 11.5 Å². The quantitative estimate of drug-likeness (QED) is 0.564. The Hall–Kier alpha value is -3.38. The molecule has 1 aliphatic heterocycles. The topological polar surface area (TPSA) is 76.0 Å². The van der Waals surface area contributed by atoms with Gasteiger partial charge < -0.3 is 10.6 Å². The minimum absolute atomic E-state index is 0.136. The number of carbonyl (C=O) groups is 2. The number of hydrogen-bond donors (Lipinski definition) is 2. The van der Waals surface area contributed by atoms with E-state index >= 15 is 0 Å². The predicted molar refractivity (Wildman–Crippen MR) is 125 cm³/mol. The number of carbonyl (C=O) groups excluding carboxylic acids is 2. The molecule has 1 atom stereocenters. The minimum Gasteiger partial charge on any atom is -0.343 e. The van der Waals surface area contributed by atoms with Crippen molar-refractivity contribution in [3.63, 3.8) is 0 Å². The van der Waals surface area contributed by atoms with Crippen molar-refractivity contribution < 1.29 is 9.59 Å². The molecule has 2 N–H and O–H groups in total. The summed E-state index contributed by atoms with van der Waals surface area (Å²) in [5, 5.41) is 11.4. The minimum atomic E-state index is -0.350. The summed E-state index contributed by atoms with van der Waals surface area (Å²) in [6.07, 6.45) is 4.61. The number of halogens is 1. The number of benzene rings is 2. The van der Waals surface area contributed by atoms with Gasteiger partial charge in [-0.05, 0) is 54.7 Å². The summed E-state index contributed by atoms with van der Waals surface area (Å²) in [5.74, 6) is 0.471. The molecule has 0 spiro atoms. The third kappa shape index (κ3) is 3.60. The maximum atomic E-state index is 13.1. The number of Topliss-reactive ketones (excluding diaryl/α,β-unsaturated/α-hetero) is 1. The summed E-state index contributed by atoms with van der Waals surface area (Å²) >= 11 is 5.94. The first kappa shape index (κ1) is 20.5. The number of nitrogens with one attached hydrogen (secondary N) is 2. The second-order valence-electron chi connectivity index (χ2n) is 8.10. The number of ketones is 1. The number of hydrogen-bond acceptors (Lipinski definition) is 4. The number of allylic oxidation sites excluding steroid dienone is 2. The molecule has 7 heteroatoms. The van der Waals surface area contributed by atoms with Gasteiger partial charge in [-0.2, -0.15) is 5.10 Å². The standard InChI is InChI=1S/C25H23ClN4O2/c1-2-15-6-8-16(9-7-15)23-22-20(4-3-5-21(22)31)29-24-19(14-27-30(23)24)25(32)28-18-12-10-17(26)11-13-18/h6-14,23,29H,2-5H2,1H3,(H,28,32)/t23-/m1/s1. The predicted octanol–water partition coefficient (Wildman–Crippen LogP) is 5.37. The molecule has 2 aromatic carbocycles. The number of nitrogens with zero attached hydrogens (tertiary/aromatic N) is 2. The Labute approximate surface area is 191 Å². The largest absolute Gasteiger partial charge is 0.343 e. The first-order valence-corrected chi connectivity index (χ1v) is 11.2. The third-order valence-electron chi connectivity index (χ3n) is 6.09. The molecule has 0 saturated carbocycles. The van der Waals surface area contributed by atoms with Crippen LogP contribution in [0.3, 0.4) is 0 Å². The molecule has 1 aliphatic carbocycles. The molecule has 1 amide bonds. The fourth-order valence-electron chi connectivity index (χ4n) is 4.40. The third-order valence-corrected chi connectivity index (χ3v) is 6.34. The molecule has 32 heavy (non-hydrogen) atoms. The first-order valence-electron chi connectivity index (χ1n) is 10.8. The van der Waals surface area contributed by atoms with E-state index in [1.54, 1.807) is 35.1 Å². The van der Waals surface area contributed by atoms with Crippen molar-refractivity contribution in [2.75, 3.05) is 10.6 Å². The maximum absolute atomic E-state index is 13.1. The Kier molecular flexibility index (Phi) is 5.31. The molecule has 5 rings (SSSR count). The normalized spacial score (nSPS) is 17.4. The molecule has 1 aromatic heterocycles. The van der Waals surface area contributed by atoms with Gasteiger partial charge in [-0.25, -0.2) is 4.68 Å². The van der Waals surface area contributed by atoms with Crippen LogP contribution >= 0.6 is 11.6 Å². The van der Waals surface area contributed by atoms with Crippen LogP contribution in [-0.2, 0) is 11.2 Å². The Morgan fingerprint density at radius 2 is 1.91 bits per heavy atom. The SMILES string of the molecule is CCc1ccc([C@@H]2C3=C(CCCC3=O)Nc3c(C(=O)Nc4ccc(Cl)cc4)cnn32)cc1. The molecule has 0 fully saturated rings. The zero-order valence-corrected chi connectivity index (χ0v) is 18.4. The molecule has 0 bridgehead atoms. The summed E-state index contributed by atoms with van der Waals surface area (Å²) < 4.78 is 1.76. The van der Waals surface area contributed by atoms with Crippen molar-refractivity contribution in [2.45, 2.75) is 38.6 Å². The fourth-order valence-corrected chi connectivity index (χ4v) is 4.53. The van der Waals surface area contributed by atoms with Crippen LogP contribution in [-0.4, -0.2) is 21.5 Å². The van der Waals surface area contributed by atoms with Crippen LogP contribution in [0.25, 0.3) is 0 Å². The molecule has 162 valence electrons. The second kappa shape index (κ2) is 8.28. The van der Waals surface area contributed by atoms with Gasteiger partial charge in [-0.1, -0.05) is 42.8 Å². The van der Waals surface area contributed by atoms with Crippen molar-refractivity contribution in [3.05, 3.63) is 87.7 Å². The van der Waals surface area contributed by atoms with E-state index in [0.29, 0.717) is 28.5 Å². The van der Waals surface area contributed by atoms with Gasteiger partial charge in [0, 0.05) is 28.4 Å². The van der Waals surface area contributed by atoms with Crippen molar-refractivity contribution in [2.24, 2.45) is 0 Å². The Balaban J connectivity index is 1.55. The Bertz CT molecular complexity index is 1230. The number of rotatable bonds is 4. The molecule has 2 aliphatic rings. The highest BCUT2D eigenvalue weighted by atomic mass is 35.5. The zero-order chi connectivity index (χ0) is 22.2. The molecule has 0 saturated heterocycles. The van der Waals surface area contributed by atoms with Gasteiger partial charge in [0.15, 0.2) is 5.78 Å². The van der Waals surface area contributed by atoms with Crippen molar-refractivity contribution >= 4 is 34.8 Å². The van der Waals surface area contributed by atoms with Crippen LogP contribution in [0.1, 0.15) is 53.7 Å². The van der Waals surface area contributed by atoms with Gasteiger partial charge in [-0.15, -0.1) is 0 Å². The van der Waals surface area contributed by atoms with Crippen molar-refractivity contribution in [1.29, 1.82) is 0 Å². The van der Waals surface area contributed by atoms with E-state index in [-0.39, 0.29) is 17.7 Å². The number of aryl methyl sites for hydroxylation is 1. The molecular weight excluding hydrogens is 424 g/mol. The lowest BCUT2D eigenvalue weighted by atomic mass is 9.85. The summed E-state index contributed by atoms with van der Waals surface area (Å²) in [6.45, 7) is 2.11. The summed E-state index contributed by atoms with van der Waals surface area (Å²) in [5.41, 5.74) is 4.94. The molecular formula is C25H23ClN4O2. The smallest absolute Gasteiger partial charge is 0.261 e. The van der Waals surface area contributed by atoms with Gasteiger partial charge in [0.2, 0.25) is 0 Å². The van der Waals surface area contributed by atoms with Crippen LogP contribution in [0, 0.1) is 0 Å². The van der Waals surface area contributed by atoms with Crippen molar-refractivity contribution in [3.8, 4) is 0 Å². The van der Waals surface area contributed by atoms with Gasteiger partial charge >= 0.3 is 0 Å². The van der Waals surface area contributed by atoms with E-state index in [1.165, 1.54) is 5.56 Å². The van der Waals surface area contributed by atoms with E-state index < -0.39 is 0 Å². The molecule has 3 aromatic rings. The van der Waals surface area contributed by atoms with Crippen LogP contribution in [0.15, 0.2) is 66.0 Å². The first-order chi connectivity index (χ1) is 15.5. The Morgan fingerprint density at radius 3 is 2.62 bits per heavy atom. The average Bonchev–Trinajstić information content (AvgIpc) is 3.23. The highest BCUT2D eigenvalue weighted by molar-refractivity contribution is 6.30.